The summed E-state index contributed by atoms with van der Waals surface area (Å²) in [6.45, 7) is 1.77. The predicted molar refractivity (Wildman–Crippen MR) is 46.1 cm³/mol. The van der Waals surface area contributed by atoms with E-state index in [1.165, 1.54) is 6.07 Å². The summed E-state index contributed by atoms with van der Waals surface area (Å²) < 4.78 is 29.3. The van der Waals surface area contributed by atoms with Gasteiger partial charge in [0.15, 0.2) is 0 Å². The number of halogens is 1. The first-order valence-corrected chi connectivity index (χ1v) is 4.85. The molecule has 0 aliphatic heterocycles. The Morgan fingerprint density at radius 3 is 2.27 bits per heavy atom. The monoisotopic (exact) mass is 214 g/mol. The van der Waals surface area contributed by atoms with Gasteiger partial charge in [0.1, 0.15) is 4.21 Å². The number of thiophene rings is 1. The molecule has 0 radical (unpaired) electrons. The first kappa shape index (κ1) is 10.9. The molecule has 0 fully saturated rings. The minimum atomic E-state index is -3.96. The SMILES string of the molecule is Cc1csc(S(=O)(=O)O)c1.Cl. The first-order valence-electron chi connectivity index (χ1n) is 2.53. The van der Waals surface area contributed by atoms with Gasteiger partial charge < -0.3 is 0 Å². The van der Waals surface area contributed by atoms with Crippen LogP contribution in [-0.2, 0) is 10.1 Å². The third-order valence-electron chi connectivity index (χ3n) is 0.961. The van der Waals surface area contributed by atoms with Crippen LogP contribution < -0.4 is 0 Å². The van der Waals surface area contributed by atoms with E-state index in [4.69, 9.17) is 4.55 Å². The maximum atomic E-state index is 10.4. The number of aryl methyl sites for hydroxylation is 1. The molecule has 1 rings (SSSR count). The summed E-state index contributed by atoms with van der Waals surface area (Å²) >= 11 is 1.02. The third kappa shape index (κ3) is 2.78. The van der Waals surface area contributed by atoms with Crippen molar-refractivity contribution in [3.8, 4) is 0 Å². The Morgan fingerprint density at radius 1 is 1.55 bits per heavy atom. The average molecular weight is 215 g/mol. The summed E-state index contributed by atoms with van der Waals surface area (Å²) in [6.07, 6.45) is 0. The van der Waals surface area contributed by atoms with Gasteiger partial charge in [-0.2, -0.15) is 8.42 Å². The number of hydrogen-bond donors (Lipinski definition) is 1. The van der Waals surface area contributed by atoms with E-state index in [0.717, 1.165) is 16.9 Å². The second kappa shape index (κ2) is 3.53. The summed E-state index contributed by atoms with van der Waals surface area (Å²) in [6, 6.07) is 1.43. The van der Waals surface area contributed by atoms with Crippen molar-refractivity contribution in [3.05, 3.63) is 17.0 Å². The molecule has 11 heavy (non-hydrogen) atoms. The van der Waals surface area contributed by atoms with E-state index in [2.05, 4.69) is 0 Å². The third-order valence-corrected chi connectivity index (χ3v) is 3.35. The largest absolute Gasteiger partial charge is 0.304 e. The summed E-state index contributed by atoms with van der Waals surface area (Å²) in [5, 5.41) is 1.67. The molecule has 0 saturated carbocycles. The fourth-order valence-corrected chi connectivity index (χ4v) is 2.13. The van der Waals surface area contributed by atoms with E-state index >= 15 is 0 Å². The molecule has 1 aromatic heterocycles. The highest BCUT2D eigenvalue weighted by Crippen LogP contribution is 2.18. The molecule has 0 saturated heterocycles. The molecule has 0 amide bonds. The van der Waals surface area contributed by atoms with E-state index in [1.807, 2.05) is 0 Å². The molecule has 0 bridgehead atoms. The van der Waals surface area contributed by atoms with Gasteiger partial charge in [-0.25, -0.2) is 0 Å². The van der Waals surface area contributed by atoms with Crippen LogP contribution in [0.15, 0.2) is 15.7 Å². The Kier molecular flexibility index (Phi) is 3.50. The van der Waals surface area contributed by atoms with Gasteiger partial charge in [0.2, 0.25) is 0 Å². The van der Waals surface area contributed by atoms with E-state index in [1.54, 1.807) is 12.3 Å². The Bertz CT molecular complexity index is 327. The van der Waals surface area contributed by atoms with E-state index < -0.39 is 10.1 Å². The topological polar surface area (TPSA) is 54.4 Å². The first-order chi connectivity index (χ1) is 4.50. The van der Waals surface area contributed by atoms with Crippen LogP contribution >= 0.6 is 23.7 Å². The minimum absolute atomic E-state index is 0. The van der Waals surface area contributed by atoms with Gasteiger partial charge in [-0.05, 0) is 23.9 Å². The Hall–Kier alpha value is -0.100. The maximum Gasteiger partial charge on any atom is 0.304 e. The fourth-order valence-electron chi connectivity index (χ4n) is 0.540. The van der Waals surface area contributed by atoms with Crippen LogP contribution in [0.1, 0.15) is 5.56 Å². The van der Waals surface area contributed by atoms with Crippen LogP contribution in [0.4, 0.5) is 0 Å². The van der Waals surface area contributed by atoms with Crippen molar-refractivity contribution >= 4 is 33.9 Å². The highest BCUT2D eigenvalue weighted by molar-refractivity contribution is 7.88. The van der Waals surface area contributed by atoms with Crippen LogP contribution in [0.3, 0.4) is 0 Å². The van der Waals surface area contributed by atoms with Crippen LogP contribution in [0.2, 0.25) is 0 Å². The molecule has 6 heteroatoms. The van der Waals surface area contributed by atoms with E-state index in [9.17, 15) is 8.42 Å². The van der Waals surface area contributed by atoms with Crippen LogP contribution in [0.5, 0.6) is 0 Å². The normalized spacial score (nSPS) is 10.7. The zero-order valence-electron chi connectivity index (χ0n) is 5.64. The average Bonchev–Trinajstić information content (AvgIpc) is 2.11. The lowest BCUT2D eigenvalue weighted by Gasteiger charge is -1.85. The highest BCUT2D eigenvalue weighted by atomic mass is 35.5. The van der Waals surface area contributed by atoms with Gasteiger partial charge in [0, 0.05) is 0 Å². The smallest absolute Gasteiger partial charge is 0.281 e. The van der Waals surface area contributed by atoms with Gasteiger partial charge in [-0.1, -0.05) is 0 Å². The van der Waals surface area contributed by atoms with Crippen molar-refractivity contribution in [2.75, 3.05) is 0 Å². The molecule has 0 spiro atoms. The molecule has 1 N–H and O–H groups in total. The lowest BCUT2D eigenvalue weighted by Crippen LogP contribution is -1.93. The van der Waals surface area contributed by atoms with Crippen LogP contribution in [-0.4, -0.2) is 13.0 Å². The van der Waals surface area contributed by atoms with Crippen molar-refractivity contribution in [1.29, 1.82) is 0 Å². The summed E-state index contributed by atoms with van der Waals surface area (Å²) in [5.41, 5.74) is 0.845. The molecule has 0 unspecified atom stereocenters. The second-order valence-corrected chi connectivity index (χ2v) is 4.48. The Labute approximate surface area is 75.2 Å². The lowest BCUT2D eigenvalue weighted by molar-refractivity contribution is 0.485. The quantitative estimate of drug-likeness (QED) is 0.725. The Balaban J connectivity index is 0.000001000. The summed E-state index contributed by atoms with van der Waals surface area (Å²) in [5.74, 6) is 0. The lowest BCUT2D eigenvalue weighted by atomic mass is 10.4. The van der Waals surface area contributed by atoms with Gasteiger partial charge in [0.05, 0.1) is 0 Å². The van der Waals surface area contributed by atoms with Crippen molar-refractivity contribution in [3.63, 3.8) is 0 Å². The van der Waals surface area contributed by atoms with Gasteiger partial charge >= 0.3 is 10.1 Å². The standard InChI is InChI=1S/C5H6O3S2.ClH/c1-4-2-5(9-3-4)10(6,7)8;/h2-3H,1H3,(H,6,7,8);1H. The number of rotatable bonds is 1. The van der Waals surface area contributed by atoms with E-state index in [0.29, 0.717) is 0 Å². The fraction of sp³-hybridized carbons (Fsp3) is 0.200. The zero-order chi connectivity index (χ0) is 7.78. The van der Waals surface area contributed by atoms with Crippen molar-refractivity contribution in [2.24, 2.45) is 0 Å². The summed E-state index contributed by atoms with van der Waals surface area (Å²) in [7, 11) is -3.96. The zero-order valence-corrected chi connectivity index (χ0v) is 8.09. The molecule has 1 heterocycles. The molecule has 3 nitrogen and oxygen atoms in total. The molecule has 0 aliphatic carbocycles. The van der Waals surface area contributed by atoms with E-state index in [-0.39, 0.29) is 16.6 Å². The number of hydrogen-bond acceptors (Lipinski definition) is 3. The van der Waals surface area contributed by atoms with Crippen LogP contribution in [0, 0.1) is 6.92 Å². The van der Waals surface area contributed by atoms with Gasteiger partial charge in [-0.15, -0.1) is 23.7 Å². The Morgan fingerprint density at radius 2 is 2.09 bits per heavy atom. The molecular weight excluding hydrogens is 208 g/mol. The van der Waals surface area contributed by atoms with Crippen molar-refractivity contribution in [2.45, 2.75) is 11.1 Å². The molecule has 1 aromatic rings. The summed E-state index contributed by atoms with van der Waals surface area (Å²) in [4.78, 5) is 0. The second-order valence-electron chi connectivity index (χ2n) is 1.92. The van der Waals surface area contributed by atoms with Crippen molar-refractivity contribution < 1.29 is 13.0 Å². The molecule has 0 aromatic carbocycles. The van der Waals surface area contributed by atoms with Crippen molar-refractivity contribution in [1.82, 2.24) is 0 Å². The highest BCUT2D eigenvalue weighted by Gasteiger charge is 2.10. The molecule has 0 aliphatic rings. The predicted octanol–water partition coefficient (Wildman–Crippen LogP) is 1.73. The van der Waals surface area contributed by atoms with Gasteiger partial charge in [0.25, 0.3) is 0 Å². The maximum absolute atomic E-state index is 10.4. The van der Waals surface area contributed by atoms with Gasteiger partial charge in [-0.3, -0.25) is 4.55 Å². The molecule has 0 atom stereocenters. The molecular formula is C5H7ClO3S2. The van der Waals surface area contributed by atoms with Crippen LogP contribution in [0.25, 0.3) is 0 Å². The molecule has 64 valence electrons. The minimum Gasteiger partial charge on any atom is -0.281 e.